The molecule has 1 aliphatic heterocycles. The number of benzene rings is 2. The number of amidine groups is 1. The van der Waals surface area contributed by atoms with Gasteiger partial charge in [-0.15, -0.1) is 0 Å². The average Bonchev–Trinajstić information content (AvgIpc) is 2.74. The number of ether oxygens (including phenoxy) is 1. The minimum atomic E-state index is -1.69. The zero-order valence-electron chi connectivity index (χ0n) is 17.3. The standard InChI is InChI=1S/C23H26N4O4/c1-15(28)31-22(30)23(26,14-16-6-3-2-4-7-16)19-8-5-13-27(21(19)29)18-11-9-17(10-12-18)20(24)25/h2-4,6-7,9-12,19H,5,8,13-14,26H2,1H3,(H3,24,25). The molecule has 1 saturated heterocycles. The number of carbonyl (C=O) groups excluding carboxylic acids is 3. The first-order chi connectivity index (χ1) is 14.7. The van der Waals surface area contributed by atoms with E-state index >= 15 is 0 Å². The van der Waals surface area contributed by atoms with Crippen molar-refractivity contribution in [3.05, 3.63) is 65.7 Å². The molecule has 3 rings (SSSR count). The Morgan fingerprint density at radius 2 is 1.81 bits per heavy atom. The first kappa shape index (κ1) is 22.2. The minimum absolute atomic E-state index is 0.0630. The summed E-state index contributed by atoms with van der Waals surface area (Å²) in [7, 11) is 0. The van der Waals surface area contributed by atoms with Gasteiger partial charge in [-0.25, -0.2) is 4.79 Å². The number of nitrogen functional groups attached to an aromatic ring is 1. The maximum atomic E-state index is 13.5. The van der Waals surface area contributed by atoms with Crippen molar-refractivity contribution in [3.8, 4) is 0 Å². The maximum absolute atomic E-state index is 13.5. The molecule has 2 unspecified atom stereocenters. The van der Waals surface area contributed by atoms with Crippen LogP contribution in [0.25, 0.3) is 0 Å². The molecule has 1 aliphatic rings. The lowest BCUT2D eigenvalue weighted by molar-refractivity contribution is -0.165. The highest BCUT2D eigenvalue weighted by molar-refractivity contribution is 6.02. The second-order valence-electron chi connectivity index (χ2n) is 7.73. The molecule has 0 spiro atoms. The van der Waals surface area contributed by atoms with Gasteiger partial charge in [0.05, 0.1) is 5.92 Å². The van der Waals surface area contributed by atoms with E-state index in [0.717, 1.165) is 12.5 Å². The lowest BCUT2D eigenvalue weighted by Crippen LogP contribution is -2.63. The van der Waals surface area contributed by atoms with Crippen LogP contribution in [0.1, 0.15) is 30.9 Å². The van der Waals surface area contributed by atoms with Crippen LogP contribution in [0, 0.1) is 11.3 Å². The van der Waals surface area contributed by atoms with Crippen LogP contribution in [-0.2, 0) is 25.5 Å². The molecule has 5 N–H and O–H groups in total. The van der Waals surface area contributed by atoms with Crippen molar-refractivity contribution >= 4 is 29.4 Å². The van der Waals surface area contributed by atoms with E-state index in [0.29, 0.717) is 30.6 Å². The van der Waals surface area contributed by atoms with E-state index in [1.165, 1.54) is 0 Å². The Kier molecular flexibility index (Phi) is 6.50. The quantitative estimate of drug-likeness (QED) is 0.280. The molecule has 2 aromatic rings. The van der Waals surface area contributed by atoms with Gasteiger partial charge >= 0.3 is 11.9 Å². The number of nitrogens with two attached hydrogens (primary N) is 2. The molecule has 1 amide bonds. The summed E-state index contributed by atoms with van der Waals surface area (Å²) in [5.41, 5.74) is 12.3. The van der Waals surface area contributed by atoms with Crippen molar-refractivity contribution in [3.63, 3.8) is 0 Å². The van der Waals surface area contributed by atoms with Crippen LogP contribution < -0.4 is 16.4 Å². The van der Waals surface area contributed by atoms with Gasteiger partial charge in [-0.1, -0.05) is 30.3 Å². The molecule has 8 heteroatoms. The van der Waals surface area contributed by atoms with Crippen molar-refractivity contribution in [1.82, 2.24) is 0 Å². The molecule has 162 valence electrons. The van der Waals surface area contributed by atoms with Gasteiger partial charge in [0.25, 0.3) is 0 Å². The van der Waals surface area contributed by atoms with Gasteiger partial charge in [0.2, 0.25) is 5.91 Å². The summed E-state index contributed by atoms with van der Waals surface area (Å²) >= 11 is 0. The van der Waals surface area contributed by atoms with Gasteiger partial charge in [0.15, 0.2) is 0 Å². The summed E-state index contributed by atoms with van der Waals surface area (Å²) in [5, 5.41) is 7.52. The van der Waals surface area contributed by atoms with Crippen LogP contribution in [-0.4, -0.2) is 35.8 Å². The van der Waals surface area contributed by atoms with Crippen molar-refractivity contribution in [2.24, 2.45) is 17.4 Å². The van der Waals surface area contributed by atoms with Crippen molar-refractivity contribution < 1.29 is 19.1 Å². The topological polar surface area (TPSA) is 140 Å². The van der Waals surface area contributed by atoms with E-state index in [4.69, 9.17) is 21.6 Å². The van der Waals surface area contributed by atoms with E-state index in [-0.39, 0.29) is 18.2 Å². The molecule has 1 fully saturated rings. The molecule has 8 nitrogen and oxygen atoms in total. The molecule has 2 atom stereocenters. The highest BCUT2D eigenvalue weighted by atomic mass is 16.6. The molecule has 31 heavy (non-hydrogen) atoms. The average molecular weight is 422 g/mol. The second-order valence-corrected chi connectivity index (χ2v) is 7.73. The number of amides is 1. The van der Waals surface area contributed by atoms with Gasteiger partial charge in [-0.05, 0) is 42.7 Å². The Bertz CT molecular complexity index is 990. The van der Waals surface area contributed by atoms with Gasteiger partial charge < -0.3 is 21.1 Å². The third-order valence-corrected chi connectivity index (χ3v) is 5.51. The Hall–Kier alpha value is -3.52. The third-order valence-electron chi connectivity index (χ3n) is 5.51. The van der Waals surface area contributed by atoms with Gasteiger partial charge in [-0.3, -0.25) is 15.0 Å². The number of hydrogen-bond acceptors (Lipinski definition) is 6. The van der Waals surface area contributed by atoms with Crippen LogP contribution in [0.3, 0.4) is 0 Å². The predicted octanol–water partition coefficient (Wildman–Crippen LogP) is 1.74. The lowest BCUT2D eigenvalue weighted by Gasteiger charge is -2.40. The van der Waals surface area contributed by atoms with E-state index in [1.54, 1.807) is 29.2 Å². The smallest absolute Gasteiger partial charge is 0.334 e. The van der Waals surface area contributed by atoms with E-state index in [1.807, 2.05) is 30.3 Å². The molecule has 0 saturated carbocycles. The number of esters is 2. The maximum Gasteiger partial charge on any atom is 0.334 e. The second kappa shape index (κ2) is 9.09. The van der Waals surface area contributed by atoms with Crippen LogP contribution in [0.4, 0.5) is 5.69 Å². The summed E-state index contributed by atoms with van der Waals surface area (Å²) in [6.45, 7) is 1.60. The molecule has 1 heterocycles. The number of nitrogens with zero attached hydrogens (tertiary/aromatic N) is 1. The molecule has 2 aromatic carbocycles. The van der Waals surface area contributed by atoms with E-state index in [9.17, 15) is 14.4 Å². The number of nitrogens with one attached hydrogen (secondary N) is 1. The largest absolute Gasteiger partial charge is 0.392 e. The fraction of sp³-hybridized carbons (Fsp3) is 0.304. The first-order valence-electron chi connectivity index (χ1n) is 10.0. The fourth-order valence-corrected chi connectivity index (χ4v) is 3.93. The molecular formula is C23H26N4O4. The minimum Gasteiger partial charge on any atom is -0.392 e. The van der Waals surface area contributed by atoms with Crippen molar-refractivity contribution in [2.45, 2.75) is 31.7 Å². The Labute approximate surface area is 180 Å². The summed E-state index contributed by atoms with van der Waals surface area (Å²) in [4.78, 5) is 39.4. The molecule has 0 bridgehead atoms. The number of rotatable bonds is 6. The molecule has 0 radical (unpaired) electrons. The Morgan fingerprint density at radius 1 is 1.16 bits per heavy atom. The number of piperidine rings is 1. The summed E-state index contributed by atoms with van der Waals surface area (Å²) in [5.74, 6) is -2.91. The first-order valence-corrected chi connectivity index (χ1v) is 10.0. The number of carbonyl (C=O) groups is 3. The van der Waals surface area contributed by atoms with Crippen molar-refractivity contribution in [1.29, 1.82) is 5.41 Å². The number of anilines is 1. The Morgan fingerprint density at radius 3 is 2.39 bits per heavy atom. The van der Waals surface area contributed by atoms with Crippen molar-refractivity contribution in [2.75, 3.05) is 11.4 Å². The SMILES string of the molecule is CC(=O)OC(=O)C(N)(Cc1ccccc1)C1CCCN(c2ccc(C(=N)N)cc2)C1=O. The summed E-state index contributed by atoms with van der Waals surface area (Å²) < 4.78 is 4.86. The van der Waals surface area contributed by atoms with Crippen LogP contribution in [0.5, 0.6) is 0 Å². The van der Waals surface area contributed by atoms with E-state index in [2.05, 4.69) is 0 Å². The summed E-state index contributed by atoms with van der Waals surface area (Å²) in [6.07, 6.45) is 1.09. The fourth-order valence-electron chi connectivity index (χ4n) is 3.93. The van der Waals surface area contributed by atoms with Gasteiger partial charge in [-0.2, -0.15) is 0 Å². The number of hydrogen-bond donors (Lipinski definition) is 3. The van der Waals surface area contributed by atoms with Gasteiger partial charge in [0.1, 0.15) is 11.4 Å². The molecular weight excluding hydrogens is 396 g/mol. The Balaban J connectivity index is 1.93. The molecule has 0 aliphatic carbocycles. The van der Waals surface area contributed by atoms with Crippen LogP contribution >= 0.6 is 0 Å². The zero-order valence-corrected chi connectivity index (χ0v) is 17.3. The highest BCUT2D eigenvalue weighted by Crippen LogP contribution is 2.33. The van der Waals surface area contributed by atoms with Crippen LogP contribution in [0.15, 0.2) is 54.6 Å². The van der Waals surface area contributed by atoms with Gasteiger partial charge in [0, 0.05) is 31.1 Å². The zero-order chi connectivity index (χ0) is 22.6. The summed E-state index contributed by atoms with van der Waals surface area (Å²) in [6, 6.07) is 15.8. The normalized spacial score (nSPS) is 18.2. The third kappa shape index (κ3) is 4.80. The lowest BCUT2D eigenvalue weighted by atomic mass is 9.75. The molecule has 0 aromatic heterocycles. The predicted molar refractivity (Wildman–Crippen MR) is 116 cm³/mol. The van der Waals surface area contributed by atoms with Crippen LogP contribution in [0.2, 0.25) is 0 Å². The van der Waals surface area contributed by atoms with E-state index < -0.39 is 23.4 Å². The monoisotopic (exact) mass is 422 g/mol. The highest BCUT2D eigenvalue weighted by Gasteiger charge is 2.50.